The van der Waals surface area contributed by atoms with Crippen LogP contribution in [0.5, 0.6) is 0 Å². The van der Waals surface area contributed by atoms with E-state index in [9.17, 15) is 4.79 Å². The molecule has 1 amide bonds. The quantitative estimate of drug-likeness (QED) is 0.742. The van der Waals surface area contributed by atoms with E-state index in [4.69, 9.17) is 4.42 Å². The van der Waals surface area contributed by atoms with Crippen LogP contribution < -0.4 is 0 Å². The van der Waals surface area contributed by atoms with Crippen molar-refractivity contribution >= 4 is 5.91 Å². The van der Waals surface area contributed by atoms with Crippen LogP contribution in [0.25, 0.3) is 11.5 Å². The SMILES string of the molecule is CCN(CC)C(=O)CN1CCN(Cc2nnc(-c3cccc(C)c3)o2)CC1. The van der Waals surface area contributed by atoms with Crippen LogP contribution in [0.2, 0.25) is 0 Å². The van der Waals surface area contributed by atoms with Gasteiger partial charge in [0.2, 0.25) is 17.7 Å². The Hall–Kier alpha value is -2.25. The lowest BCUT2D eigenvalue weighted by Crippen LogP contribution is -2.49. The molecule has 7 heteroatoms. The first-order valence-corrected chi connectivity index (χ1v) is 9.71. The molecule has 7 nitrogen and oxygen atoms in total. The molecule has 1 fully saturated rings. The Bertz CT molecular complexity index is 748. The summed E-state index contributed by atoms with van der Waals surface area (Å²) in [5.74, 6) is 1.42. The molecule has 27 heavy (non-hydrogen) atoms. The first kappa shape index (κ1) is 19.5. The Kier molecular flexibility index (Phi) is 6.58. The average molecular weight is 371 g/mol. The van der Waals surface area contributed by atoms with Crippen LogP contribution in [0, 0.1) is 6.92 Å². The molecular formula is C20H29N5O2. The number of hydrogen-bond acceptors (Lipinski definition) is 6. The molecule has 1 aromatic carbocycles. The lowest BCUT2D eigenvalue weighted by molar-refractivity contribution is -0.132. The molecule has 1 saturated heterocycles. The summed E-state index contributed by atoms with van der Waals surface area (Å²) < 4.78 is 5.84. The molecular weight excluding hydrogens is 342 g/mol. The van der Waals surface area contributed by atoms with Gasteiger partial charge in [-0.3, -0.25) is 14.6 Å². The maximum absolute atomic E-state index is 12.2. The molecule has 2 aromatic rings. The summed E-state index contributed by atoms with van der Waals surface area (Å²) in [4.78, 5) is 18.7. The molecule has 0 atom stereocenters. The van der Waals surface area contributed by atoms with Gasteiger partial charge in [0.1, 0.15) is 0 Å². The van der Waals surface area contributed by atoms with Crippen molar-refractivity contribution in [3.8, 4) is 11.5 Å². The lowest BCUT2D eigenvalue weighted by Gasteiger charge is -2.34. The number of rotatable bonds is 7. The fourth-order valence-corrected chi connectivity index (χ4v) is 3.38. The van der Waals surface area contributed by atoms with E-state index in [0.29, 0.717) is 24.9 Å². The largest absolute Gasteiger partial charge is 0.419 e. The number of benzene rings is 1. The molecule has 0 radical (unpaired) electrons. The smallest absolute Gasteiger partial charge is 0.247 e. The zero-order valence-corrected chi connectivity index (χ0v) is 16.5. The zero-order chi connectivity index (χ0) is 19.2. The predicted molar refractivity (Wildman–Crippen MR) is 104 cm³/mol. The summed E-state index contributed by atoms with van der Waals surface area (Å²) in [6, 6.07) is 8.07. The van der Waals surface area contributed by atoms with Gasteiger partial charge in [-0.1, -0.05) is 17.7 Å². The highest BCUT2D eigenvalue weighted by atomic mass is 16.4. The fourth-order valence-electron chi connectivity index (χ4n) is 3.38. The van der Waals surface area contributed by atoms with Gasteiger partial charge in [-0.15, -0.1) is 10.2 Å². The number of likely N-dealkylation sites (N-methyl/N-ethyl adjacent to an activating group) is 1. The Morgan fingerprint density at radius 3 is 2.48 bits per heavy atom. The van der Waals surface area contributed by atoms with Crippen molar-refractivity contribution < 1.29 is 9.21 Å². The van der Waals surface area contributed by atoms with Crippen molar-refractivity contribution in [2.75, 3.05) is 45.8 Å². The minimum atomic E-state index is 0.216. The zero-order valence-electron chi connectivity index (χ0n) is 16.5. The molecule has 1 aliphatic heterocycles. The fraction of sp³-hybridized carbons (Fsp3) is 0.550. The van der Waals surface area contributed by atoms with Crippen molar-refractivity contribution in [1.82, 2.24) is 24.9 Å². The maximum Gasteiger partial charge on any atom is 0.247 e. The van der Waals surface area contributed by atoms with Crippen molar-refractivity contribution in [2.45, 2.75) is 27.3 Å². The summed E-state index contributed by atoms with van der Waals surface area (Å²) >= 11 is 0. The average Bonchev–Trinajstić information content (AvgIpc) is 3.13. The summed E-state index contributed by atoms with van der Waals surface area (Å²) in [5.41, 5.74) is 2.12. The van der Waals surface area contributed by atoms with Gasteiger partial charge in [-0.2, -0.15) is 0 Å². The second kappa shape index (κ2) is 9.10. The summed E-state index contributed by atoms with van der Waals surface area (Å²) in [6.45, 7) is 12.4. The first-order valence-electron chi connectivity index (χ1n) is 9.71. The molecule has 0 bridgehead atoms. The maximum atomic E-state index is 12.2. The van der Waals surface area contributed by atoms with E-state index < -0.39 is 0 Å². The van der Waals surface area contributed by atoms with Gasteiger partial charge in [0.15, 0.2) is 0 Å². The third kappa shape index (κ3) is 5.14. The summed E-state index contributed by atoms with van der Waals surface area (Å²) in [5, 5.41) is 8.38. The van der Waals surface area contributed by atoms with E-state index in [1.165, 1.54) is 5.56 Å². The molecule has 0 unspecified atom stereocenters. The van der Waals surface area contributed by atoms with Crippen molar-refractivity contribution in [3.63, 3.8) is 0 Å². The van der Waals surface area contributed by atoms with Crippen LogP contribution in [0.15, 0.2) is 28.7 Å². The van der Waals surface area contributed by atoms with Crippen LogP contribution in [0.3, 0.4) is 0 Å². The summed E-state index contributed by atoms with van der Waals surface area (Å²) in [7, 11) is 0. The normalized spacial score (nSPS) is 15.8. The van der Waals surface area contributed by atoms with Crippen molar-refractivity contribution in [1.29, 1.82) is 0 Å². The molecule has 2 heterocycles. The molecule has 146 valence electrons. The highest BCUT2D eigenvalue weighted by Gasteiger charge is 2.22. The Balaban J connectivity index is 1.49. The van der Waals surface area contributed by atoms with Gasteiger partial charge in [0.05, 0.1) is 13.1 Å². The number of piperazine rings is 1. The summed E-state index contributed by atoms with van der Waals surface area (Å²) in [6.07, 6.45) is 0. The highest BCUT2D eigenvalue weighted by Crippen LogP contribution is 2.19. The number of carbonyl (C=O) groups excluding carboxylic acids is 1. The van der Waals surface area contributed by atoms with E-state index in [-0.39, 0.29) is 5.91 Å². The van der Waals surface area contributed by atoms with Crippen LogP contribution >= 0.6 is 0 Å². The van der Waals surface area contributed by atoms with Crippen molar-refractivity contribution in [2.24, 2.45) is 0 Å². The van der Waals surface area contributed by atoms with E-state index in [1.807, 2.05) is 49.9 Å². The molecule has 1 aliphatic rings. The molecule has 1 aromatic heterocycles. The second-order valence-corrected chi connectivity index (χ2v) is 6.99. The Morgan fingerprint density at radius 1 is 1.11 bits per heavy atom. The molecule has 3 rings (SSSR count). The lowest BCUT2D eigenvalue weighted by atomic mass is 10.1. The van der Waals surface area contributed by atoms with Crippen LogP contribution in [0.1, 0.15) is 25.3 Å². The standard InChI is InChI=1S/C20H29N5O2/c1-4-25(5-2)19(26)15-24-11-9-23(10-12-24)14-18-21-22-20(27-18)17-8-6-7-16(3)13-17/h6-8,13H,4-5,9-12,14-15H2,1-3H3. The number of nitrogens with zero attached hydrogens (tertiary/aromatic N) is 5. The highest BCUT2D eigenvalue weighted by molar-refractivity contribution is 5.78. The van der Waals surface area contributed by atoms with Crippen LogP contribution in [-0.2, 0) is 11.3 Å². The van der Waals surface area contributed by atoms with Crippen LogP contribution in [0.4, 0.5) is 0 Å². The molecule has 0 aliphatic carbocycles. The van der Waals surface area contributed by atoms with Gasteiger partial charge < -0.3 is 9.32 Å². The second-order valence-electron chi connectivity index (χ2n) is 6.99. The molecule has 0 spiro atoms. The van der Waals surface area contributed by atoms with E-state index in [1.54, 1.807) is 0 Å². The Morgan fingerprint density at radius 2 is 1.81 bits per heavy atom. The van der Waals surface area contributed by atoms with Gasteiger partial charge >= 0.3 is 0 Å². The number of carbonyl (C=O) groups is 1. The van der Waals surface area contributed by atoms with E-state index >= 15 is 0 Å². The van der Waals surface area contributed by atoms with E-state index in [2.05, 4.69) is 20.0 Å². The monoisotopic (exact) mass is 371 g/mol. The number of aromatic nitrogens is 2. The minimum Gasteiger partial charge on any atom is -0.419 e. The third-order valence-electron chi connectivity index (χ3n) is 5.03. The predicted octanol–water partition coefficient (Wildman–Crippen LogP) is 2.03. The minimum absolute atomic E-state index is 0.216. The Labute approximate surface area is 161 Å². The van der Waals surface area contributed by atoms with E-state index in [0.717, 1.165) is 44.8 Å². The van der Waals surface area contributed by atoms with Gasteiger partial charge in [-0.25, -0.2) is 0 Å². The first-order chi connectivity index (χ1) is 13.1. The van der Waals surface area contributed by atoms with Crippen molar-refractivity contribution in [3.05, 3.63) is 35.7 Å². The van der Waals surface area contributed by atoms with Gasteiger partial charge in [0.25, 0.3) is 0 Å². The topological polar surface area (TPSA) is 65.7 Å². The van der Waals surface area contributed by atoms with Gasteiger partial charge in [0, 0.05) is 44.8 Å². The van der Waals surface area contributed by atoms with Gasteiger partial charge in [-0.05, 0) is 32.9 Å². The number of hydrogen-bond donors (Lipinski definition) is 0. The number of amides is 1. The molecule has 0 N–H and O–H groups in total. The molecule has 0 saturated carbocycles. The van der Waals surface area contributed by atoms with Crippen LogP contribution in [-0.4, -0.2) is 76.6 Å². The third-order valence-corrected chi connectivity index (χ3v) is 5.03. The number of aryl methyl sites for hydroxylation is 1.